The molecule has 3 atom stereocenters. The highest BCUT2D eigenvalue weighted by Gasteiger charge is 2.33. The van der Waals surface area contributed by atoms with Gasteiger partial charge in [-0.2, -0.15) is 0 Å². The van der Waals surface area contributed by atoms with Gasteiger partial charge in [0.25, 0.3) is 0 Å². The average molecular weight is 398 g/mol. The van der Waals surface area contributed by atoms with E-state index >= 15 is 0 Å². The molecule has 2 aliphatic rings. The Balaban J connectivity index is 1.67. The van der Waals surface area contributed by atoms with E-state index in [1.54, 1.807) is 6.92 Å². The molecule has 1 aromatic rings. The van der Waals surface area contributed by atoms with Crippen LogP contribution in [0.1, 0.15) is 40.0 Å². The smallest absolute Gasteiger partial charge is 0.216 e. The Labute approximate surface area is 162 Å². The number of nitrogens with zero attached hydrogens (tertiary/aromatic N) is 3. The number of hydrogen-bond donors (Lipinski definition) is 2. The molecule has 27 heavy (non-hydrogen) atoms. The molecule has 152 valence electrons. The highest BCUT2D eigenvalue weighted by molar-refractivity contribution is 7.90. The first-order valence-corrected chi connectivity index (χ1v) is 11.4. The van der Waals surface area contributed by atoms with E-state index in [9.17, 15) is 8.42 Å². The van der Waals surface area contributed by atoms with Crippen LogP contribution in [-0.2, 0) is 14.8 Å². The van der Waals surface area contributed by atoms with E-state index in [1.165, 1.54) is 6.33 Å². The largest absolute Gasteiger partial charge is 0.376 e. The number of sulfonamides is 1. The van der Waals surface area contributed by atoms with Crippen molar-refractivity contribution in [2.75, 3.05) is 36.5 Å². The molecule has 9 heteroatoms. The summed E-state index contributed by atoms with van der Waals surface area (Å²) in [6, 6.07) is 2.13. The van der Waals surface area contributed by atoms with Crippen LogP contribution in [0.2, 0.25) is 0 Å². The molecule has 3 unspecified atom stereocenters. The van der Waals surface area contributed by atoms with Crippen molar-refractivity contribution in [1.82, 2.24) is 14.7 Å². The summed E-state index contributed by atoms with van der Waals surface area (Å²) < 4.78 is 33.0. The molecule has 8 nitrogen and oxygen atoms in total. The zero-order valence-corrected chi connectivity index (χ0v) is 17.2. The Kier molecular flexibility index (Phi) is 6.54. The van der Waals surface area contributed by atoms with Gasteiger partial charge in [-0.1, -0.05) is 20.8 Å². The van der Waals surface area contributed by atoms with Crippen molar-refractivity contribution in [2.24, 2.45) is 5.92 Å². The van der Waals surface area contributed by atoms with Crippen molar-refractivity contribution in [1.29, 1.82) is 0 Å². The zero-order valence-electron chi connectivity index (χ0n) is 16.4. The van der Waals surface area contributed by atoms with Crippen LogP contribution in [0.5, 0.6) is 0 Å². The molecule has 0 aromatic carbocycles. The molecule has 3 heterocycles. The monoisotopic (exact) mass is 397 g/mol. The second-order valence-electron chi connectivity index (χ2n) is 7.63. The van der Waals surface area contributed by atoms with Gasteiger partial charge in [0.1, 0.15) is 18.0 Å². The predicted molar refractivity (Wildman–Crippen MR) is 106 cm³/mol. The quantitative estimate of drug-likeness (QED) is 0.721. The molecule has 1 aromatic heterocycles. The van der Waals surface area contributed by atoms with E-state index in [1.807, 2.05) is 11.0 Å². The third-order valence-corrected chi connectivity index (χ3v) is 7.22. The Morgan fingerprint density at radius 2 is 2.15 bits per heavy atom. The minimum Gasteiger partial charge on any atom is -0.376 e. The lowest BCUT2D eigenvalue weighted by Gasteiger charge is -2.35. The lowest BCUT2D eigenvalue weighted by atomic mass is 9.94. The van der Waals surface area contributed by atoms with Crippen LogP contribution >= 0.6 is 0 Å². The van der Waals surface area contributed by atoms with E-state index in [0.717, 1.165) is 31.1 Å². The summed E-state index contributed by atoms with van der Waals surface area (Å²) in [4.78, 5) is 10.7. The van der Waals surface area contributed by atoms with Gasteiger partial charge in [0.05, 0.1) is 17.4 Å². The minimum atomic E-state index is -3.27. The molecular formula is C18H31N5O3S. The first-order valence-electron chi connectivity index (χ1n) is 9.84. The van der Waals surface area contributed by atoms with Gasteiger partial charge in [0, 0.05) is 32.3 Å². The fraction of sp³-hybridized carbons (Fsp3) is 0.778. The lowest BCUT2D eigenvalue weighted by molar-refractivity contribution is -0.0203. The maximum atomic E-state index is 12.2. The average Bonchev–Trinajstić information content (AvgIpc) is 3.13. The first kappa shape index (κ1) is 20.3. The van der Waals surface area contributed by atoms with Crippen LogP contribution in [0.4, 0.5) is 11.6 Å². The van der Waals surface area contributed by atoms with Crippen molar-refractivity contribution in [3.63, 3.8) is 0 Å². The molecule has 2 N–H and O–H groups in total. The van der Waals surface area contributed by atoms with Crippen LogP contribution in [0.25, 0.3) is 0 Å². The van der Waals surface area contributed by atoms with Crippen molar-refractivity contribution in [3.05, 3.63) is 12.4 Å². The first-order chi connectivity index (χ1) is 12.9. The normalized spacial score (nSPS) is 26.5. The highest BCUT2D eigenvalue weighted by Crippen LogP contribution is 2.26. The summed E-state index contributed by atoms with van der Waals surface area (Å²) in [7, 11) is -3.27. The Morgan fingerprint density at radius 1 is 1.33 bits per heavy atom. The van der Waals surface area contributed by atoms with Crippen LogP contribution in [0.3, 0.4) is 0 Å². The third kappa shape index (κ3) is 4.89. The standard InChI is InChI=1S/C18H31N5O3S/c1-4-21-27(24,25)14-7-8-23(11-14)17-10-16(19-12-20-17)22-15-6-5-9-26-18(15)13(2)3/h10,12-15,18,21H,4-9,11H2,1-3H3,(H,19,20,22). The van der Waals surface area contributed by atoms with Gasteiger partial charge in [-0.25, -0.2) is 23.1 Å². The van der Waals surface area contributed by atoms with Gasteiger partial charge in [-0.15, -0.1) is 0 Å². The summed E-state index contributed by atoms with van der Waals surface area (Å²) in [5, 5.41) is 3.10. The molecule has 2 fully saturated rings. The number of hydrogen-bond acceptors (Lipinski definition) is 7. The lowest BCUT2D eigenvalue weighted by Crippen LogP contribution is -2.43. The summed E-state index contributed by atoms with van der Waals surface area (Å²) >= 11 is 0. The van der Waals surface area contributed by atoms with E-state index in [0.29, 0.717) is 32.0 Å². The van der Waals surface area contributed by atoms with Gasteiger partial charge in [-0.3, -0.25) is 0 Å². The fourth-order valence-electron chi connectivity index (χ4n) is 3.91. The molecule has 3 rings (SSSR count). The summed E-state index contributed by atoms with van der Waals surface area (Å²) in [5.41, 5.74) is 0. The molecular weight excluding hydrogens is 366 g/mol. The van der Waals surface area contributed by atoms with E-state index in [-0.39, 0.29) is 12.1 Å². The van der Waals surface area contributed by atoms with Crippen LogP contribution in [0, 0.1) is 5.92 Å². The van der Waals surface area contributed by atoms with Crippen LogP contribution < -0.4 is 14.9 Å². The minimum absolute atomic E-state index is 0.165. The maximum Gasteiger partial charge on any atom is 0.216 e. The number of aromatic nitrogens is 2. The molecule has 0 radical (unpaired) electrons. The van der Waals surface area contributed by atoms with Gasteiger partial charge < -0.3 is 15.0 Å². The zero-order chi connectivity index (χ0) is 19.4. The van der Waals surface area contributed by atoms with Crippen LogP contribution in [0.15, 0.2) is 12.4 Å². The maximum absolute atomic E-state index is 12.2. The third-order valence-electron chi connectivity index (χ3n) is 5.26. The molecule has 0 spiro atoms. The predicted octanol–water partition coefficient (Wildman–Crippen LogP) is 1.61. The van der Waals surface area contributed by atoms with Crippen molar-refractivity contribution in [3.8, 4) is 0 Å². The van der Waals surface area contributed by atoms with Gasteiger partial charge in [0.2, 0.25) is 10.0 Å². The Morgan fingerprint density at radius 3 is 2.89 bits per heavy atom. The summed E-state index contributed by atoms with van der Waals surface area (Å²) in [6.07, 6.45) is 4.40. The molecule has 0 saturated carbocycles. The SMILES string of the molecule is CCNS(=O)(=O)C1CCN(c2cc(NC3CCCOC3C(C)C)ncn2)C1. The summed E-state index contributed by atoms with van der Waals surface area (Å²) in [5.74, 6) is 1.96. The fourth-order valence-corrected chi connectivity index (χ4v) is 5.34. The van der Waals surface area contributed by atoms with Crippen LogP contribution in [-0.4, -0.2) is 62.0 Å². The van der Waals surface area contributed by atoms with Gasteiger partial charge >= 0.3 is 0 Å². The van der Waals surface area contributed by atoms with Crippen molar-refractivity contribution < 1.29 is 13.2 Å². The number of anilines is 2. The van der Waals surface area contributed by atoms with Crippen molar-refractivity contribution >= 4 is 21.7 Å². The number of ether oxygens (including phenoxy) is 1. The van der Waals surface area contributed by atoms with Gasteiger partial charge in [-0.05, 0) is 25.2 Å². The second kappa shape index (κ2) is 8.70. The van der Waals surface area contributed by atoms with E-state index in [4.69, 9.17) is 4.74 Å². The molecule has 0 bridgehead atoms. The van der Waals surface area contributed by atoms with Gasteiger partial charge in [0.15, 0.2) is 0 Å². The second-order valence-corrected chi connectivity index (χ2v) is 9.68. The highest BCUT2D eigenvalue weighted by atomic mass is 32.2. The number of nitrogens with one attached hydrogen (secondary N) is 2. The summed E-state index contributed by atoms with van der Waals surface area (Å²) in [6.45, 7) is 8.49. The molecule has 0 aliphatic carbocycles. The topological polar surface area (TPSA) is 96.5 Å². The van der Waals surface area contributed by atoms with Crippen molar-refractivity contribution in [2.45, 2.75) is 57.4 Å². The molecule has 0 amide bonds. The molecule has 2 aliphatic heterocycles. The number of rotatable bonds is 7. The van der Waals surface area contributed by atoms with E-state index < -0.39 is 15.3 Å². The molecule has 2 saturated heterocycles. The Bertz CT molecular complexity index is 727. The van der Waals surface area contributed by atoms with E-state index in [2.05, 4.69) is 33.9 Å². The Hall–Kier alpha value is -1.45.